The predicted molar refractivity (Wildman–Crippen MR) is 151 cm³/mol. The van der Waals surface area contributed by atoms with E-state index >= 15 is 0 Å². The van der Waals surface area contributed by atoms with E-state index in [9.17, 15) is 19.7 Å². The van der Waals surface area contributed by atoms with Gasteiger partial charge >= 0.3 is 5.97 Å². The summed E-state index contributed by atoms with van der Waals surface area (Å²) in [5.41, 5.74) is 1.56. The van der Waals surface area contributed by atoms with Gasteiger partial charge in [0.05, 0.1) is 46.6 Å². The van der Waals surface area contributed by atoms with E-state index in [1.54, 1.807) is 51.1 Å². The summed E-state index contributed by atoms with van der Waals surface area (Å²) in [6, 6.07) is 10.4. The Morgan fingerprint density at radius 3 is 2.55 bits per heavy atom. The van der Waals surface area contributed by atoms with Crippen LogP contribution in [0, 0.1) is 10.1 Å². The second kappa shape index (κ2) is 12.3. The van der Waals surface area contributed by atoms with E-state index in [0.29, 0.717) is 44.3 Å². The summed E-state index contributed by atoms with van der Waals surface area (Å²) in [4.78, 5) is 42.7. The average Bonchev–Trinajstić information content (AvgIpc) is 3.22. The van der Waals surface area contributed by atoms with Crippen LogP contribution in [-0.2, 0) is 9.53 Å². The molecule has 0 saturated carbocycles. The summed E-state index contributed by atoms with van der Waals surface area (Å²) in [6.07, 6.45) is 3.16. The molecule has 1 aliphatic rings. The van der Waals surface area contributed by atoms with Crippen LogP contribution in [-0.4, -0.2) is 35.3 Å². The molecule has 3 aromatic rings. The van der Waals surface area contributed by atoms with Crippen LogP contribution >= 0.6 is 11.3 Å². The molecule has 0 N–H and O–H groups in total. The number of nitro groups is 1. The first-order valence-corrected chi connectivity index (χ1v) is 13.7. The normalized spacial score (nSPS) is 15.1. The monoisotopic (exact) mass is 565 g/mol. The van der Waals surface area contributed by atoms with Gasteiger partial charge in [-0.2, -0.15) is 0 Å². The Morgan fingerprint density at radius 2 is 1.93 bits per heavy atom. The van der Waals surface area contributed by atoms with Gasteiger partial charge in [0.1, 0.15) is 0 Å². The van der Waals surface area contributed by atoms with Crippen molar-refractivity contribution in [2.24, 2.45) is 4.99 Å². The smallest absolute Gasteiger partial charge is 0.338 e. The molecular weight excluding hydrogens is 534 g/mol. The van der Waals surface area contributed by atoms with Gasteiger partial charge in [0.15, 0.2) is 16.3 Å². The van der Waals surface area contributed by atoms with E-state index in [0.717, 1.165) is 12.8 Å². The second-order valence-corrected chi connectivity index (χ2v) is 10.5. The molecule has 40 heavy (non-hydrogen) atoms. The Morgan fingerprint density at radius 1 is 1.20 bits per heavy atom. The molecule has 0 radical (unpaired) electrons. The minimum atomic E-state index is -0.819. The van der Waals surface area contributed by atoms with Crippen molar-refractivity contribution in [3.8, 4) is 11.5 Å². The summed E-state index contributed by atoms with van der Waals surface area (Å²) in [6.45, 7) is 7.85. The number of ether oxygens (including phenoxy) is 3. The SMILES string of the molecule is CCCCOc1ccc(C2C(C(=O)OC(C)C)=C(C)N=c3s/c(=C\c4ccc([N+](=O)[O-])cc4)c(=O)n32)cc1OC. The third-order valence-electron chi connectivity index (χ3n) is 6.24. The first-order chi connectivity index (χ1) is 19.1. The van der Waals surface area contributed by atoms with Gasteiger partial charge in [-0.15, -0.1) is 0 Å². The van der Waals surface area contributed by atoms with Crippen LogP contribution in [0.5, 0.6) is 11.5 Å². The van der Waals surface area contributed by atoms with Gasteiger partial charge in [-0.05, 0) is 68.7 Å². The molecule has 0 saturated heterocycles. The van der Waals surface area contributed by atoms with E-state index in [1.807, 2.05) is 6.07 Å². The van der Waals surface area contributed by atoms with E-state index in [2.05, 4.69) is 11.9 Å². The standard InChI is InChI=1S/C29H31N3O7S/c1-6-7-14-38-22-13-10-20(16-23(22)37-5)26-25(28(34)39-17(2)3)18(4)30-29-31(26)27(33)24(40-29)15-19-8-11-21(12-9-19)32(35)36/h8-13,15-17,26H,6-7,14H2,1-5H3/b24-15-. The van der Waals surface area contributed by atoms with Gasteiger partial charge in [-0.3, -0.25) is 19.5 Å². The third-order valence-corrected chi connectivity index (χ3v) is 7.23. The van der Waals surface area contributed by atoms with Gasteiger partial charge in [0.25, 0.3) is 11.2 Å². The number of aromatic nitrogens is 1. The van der Waals surface area contributed by atoms with Crippen LogP contribution in [0.4, 0.5) is 5.69 Å². The fourth-order valence-corrected chi connectivity index (χ4v) is 5.37. The number of esters is 1. The molecular formula is C29H31N3O7S. The number of benzene rings is 2. The highest BCUT2D eigenvalue weighted by molar-refractivity contribution is 7.07. The maximum absolute atomic E-state index is 13.8. The van der Waals surface area contributed by atoms with Crippen molar-refractivity contribution in [2.45, 2.75) is 52.7 Å². The Labute approximate surface area is 235 Å². The Hall–Kier alpha value is -4.25. The van der Waals surface area contributed by atoms with Gasteiger partial charge in [-0.1, -0.05) is 30.7 Å². The predicted octanol–water partition coefficient (Wildman–Crippen LogP) is 4.28. The minimum Gasteiger partial charge on any atom is -0.493 e. The minimum absolute atomic E-state index is 0.0430. The average molecular weight is 566 g/mol. The topological polar surface area (TPSA) is 122 Å². The number of carbonyl (C=O) groups excluding carboxylic acids is 1. The molecule has 210 valence electrons. The van der Waals surface area contributed by atoms with Crippen molar-refractivity contribution in [1.82, 2.24) is 4.57 Å². The molecule has 2 aromatic carbocycles. The summed E-state index contributed by atoms with van der Waals surface area (Å²) < 4.78 is 18.9. The molecule has 0 bridgehead atoms. The largest absolute Gasteiger partial charge is 0.493 e. The number of allylic oxidation sites excluding steroid dienone is 1. The first kappa shape index (κ1) is 28.8. The highest BCUT2D eigenvalue weighted by Crippen LogP contribution is 2.36. The quantitative estimate of drug-likeness (QED) is 0.156. The molecule has 0 spiro atoms. The maximum Gasteiger partial charge on any atom is 0.338 e. The van der Waals surface area contributed by atoms with Crippen molar-refractivity contribution in [2.75, 3.05) is 13.7 Å². The number of nitro benzene ring substituents is 1. The lowest BCUT2D eigenvalue weighted by atomic mass is 9.95. The lowest BCUT2D eigenvalue weighted by molar-refractivity contribution is -0.384. The third kappa shape index (κ3) is 5.99. The Kier molecular flexibility index (Phi) is 8.83. The molecule has 0 aliphatic carbocycles. The van der Waals surface area contributed by atoms with E-state index in [4.69, 9.17) is 14.2 Å². The molecule has 4 rings (SSSR count). The molecule has 10 nitrogen and oxygen atoms in total. The summed E-state index contributed by atoms with van der Waals surface area (Å²) in [7, 11) is 1.54. The van der Waals surface area contributed by atoms with Crippen LogP contribution in [0.25, 0.3) is 6.08 Å². The second-order valence-electron chi connectivity index (χ2n) is 9.50. The van der Waals surface area contributed by atoms with E-state index in [1.165, 1.54) is 35.1 Å². The molecule has 0 fully saturated rings. The van der Waals surface area contributed by atoms with Crippen LogP contribution in [0.2, 0.25) is 0 Å². The van der Waals surface area contributed by atoms with E-state index < -0.39 is 16.9 Å². The number of non-ortho nitro benzene ring substituents is 1. The van der Waals surface area contributed by atoms with Gasteiger partial charge < -0.3 is 14.2 Å². The van der Waals surface area contributed by atoms with Crippen LogP contribution in [0.1, 0.15) is 57.7 Å². The highest BCUT2D eigenvalue weighted by atomic mass is 32.1. The lowest BCUT2D eigenvalue weighted by Crippen LogP contribution is -2.40. The maximum atomic E-state index is 13.8. The van der Waals surface area contributed by atoms with Crippen molar-refractivity contribution in [1.29, 1.82) is 0 Å². The zero-order valence-corrected chi connectivity index (χ0v) is 23.8. The first-order valence-electron chi connectivity index (χ1n) is 12.9. The fourth-order valence-electron chi connectivity index (χ4n) is 4.32. The van der Waals surface area contributed by atoms with Gasteiger partial charge in [-0.25, -0.2) is 9.79 Å². The van der Waals surface area contributed by atoms with Crippen molar-refractivity contribution < 1.29 is 23.9 Å². The zero-order chi connectivity index (χ0) is 29.0. The number of nitrogens with zero attached hydrogens (tertiary/aromatic N) is 3. The number of rotatable bonds is 10. The molecule has 1 unspecified atom stereocenters. The van der Waals surface area contributed by atoms with Crippen LogP contribution in [0.3, 0.4) is 0 Å². The van der Waals surface area contributed by atoms with Gasteiger partial charge in [0.2, 0.25) is 0 Å². The Balaban J connectivity index is 1.88. The summed E-state index contributed by atoms with van der Waals surface area (Å²) >= 11 is 1.18. The van der Waals surface area contributed by atoms with Crippen molar-refractivity contribution in [3.63, 3.8) is 0 Å². The molecule has 1 atom stereocenters. The van der Waals surface area contributed by atoms with Gasteiger partial charge in [0, 0.05) is 12.1 Å². The number of unbranched alkanes of at least 4 members (excludes halogenated alkanes) is 1. The number of carbonyl (C=O) groups is 1. The number of thiazole rings is 1. The number of hydrogen-bond donors (Lipinski definition) is 0. The molecule has 0 amide bonds. The number of fused-ring (bicyclic) bond motifs is 1. The fraction of sp³-hybridized carbons (Fsp3) is 0.345. The van der Waals surface area contributed by atoms with E-state index in [-0.39, 0.29) is 22.9 Å². The summed E-state index contributed by atoms with van der Waals surface area (Å²) in [5, 5.41) is 11.0. The molecule has 11 heteroatoms. The molecule has 2 heterocycles. The van der Waals surface area contributed by atoms with Crippen molar-refractivity contribution in [3.05, 3.63) is 94.7 Å². The Bertz CT molecular complexity index is 1640. The van der Waals surface area contributed by atoms with Crippen LogP contribution < -0.4 is 24.4 Å². The number of methoxy groups -OCH3 is 1. The van der Waals surface area contributed by atoms with Crippen molar-refractivity contribution >= 4 is 29.1 Å². The number of hydrogen-bond acceptors (Lipinski definition) is 9. The molecule has 1 aromatic heterocycles. The highest BCUT2D eigenvalue weighted by Gasteiger charge is 2.34. The van der Waals surface area contributed by atoms with Crippen LogP contribution in [0.15, 0.2) is 63.5 Å². The molecule has 1 aliphatic heterocycles. The zero-order valence-electron chi connectivity index (χ0n) is 23.0. The summed E-state index contributed by atoms with van der Waals surface area (Å²) in [5.74, 6) is 0.485. The lowest BCUT2D eigenvalue weighted by Gasteiger charge is -2.26.